The molecule has 1 aliphatic rings. The molecule has 0 atom stereocenters. The summed E-state index contributed by atoms with van der Waals surface area (Å²) in [6, 6.07) is 8.08. The van der Waals surface area contributed by atoms with Crippen molar-refractivity contribution in [1.29, 1.82) is 0 Å². The molecule has 1 saturated heterocycles. The first-order valence-electron chi connectivity index (χ1n) is 9.56. The minimum atomic E-state index is -2.71. The summed E-state index contributed by atoms with van der Waals surface area (Å²) in [4.78, 5) is 13.7. The third kappa shape index (κ3) is 3.67. The second kappa shape index (κ2) is 7.23. The summed E-state index contributed by atoms with van der Waals surface area (Å²) < 4.78 is 34.2. The number of rotatable bonds is 3. The third-order valence-corrected chi connectivity index (χ3v) is 4.93. The van der Waals surface area contributed by atoms with Gasteiger partial charge in [-0.2, -0.15) is 0 Å². The van der Waals surface area contributed by atoms with E-state index in [1.165, 1.54) is 17.2 Å². The number of carbonyl (C=O) groups excluding carboxylic acids is 1. The fraction of sp³-hybridized carbons (Fsp3) is 0.381. The van der Waals surface area contributed by atoms with Gasteiger partial charge in [-0.1, -0.05) is 12.1 Å². The molecule has 3 heterocycles. The lowest BCUT2D eigenvalue weighted by molar-refractivity contribution is 0.00149. The Morgan fingerprint density at radius 1 is 1.23 bits per heavy atom. The normalized spacial score (nSPS) is 14.9. The summed E-state index contributed by atoms with van der Waals surface area (Å²) in [6.45, 7) is 6.05. The van der Waals surface area contributed by atoms with Crippen molar-refractivity contribution in [2.75, 3.05) is 13.1 Å². The topological polar surface area (TPSA) is 80.5 Å². The van der Waals surface area contributed by atoms with Crippen molar-refractivity contribution in [2.45, 2.75) is 38.8 Å². The molecule has 0 spiro atoms. The summed E-state index contributed by atoms with van der Waals surface area (Å²) in [6.07, 6.45) is -1.77. The molecule has 1 aromatic carbocycles. The van der Waals surface area contributed by atoms with Crippen LogP contribution >= 0.6 is 0 Å². The highest BCUT2D eigenvalue weighted by Crippen LogP contribution is 2.36. The van der Waals surface area contributed by atoms with Crippen LogP contribution in [0.2, 0.25) is 0 Å². The molecule has 3 aromatic rings. The highest BCUT2D eigenvalue weighted by atomic mass is 19.3. The monoisotopic (exact) mass is 416 g/mol. The summed E-state index contributed by atoms with van der Waals surface area (Å²) in [5.41, 5.74) is 0.614. The van der Waals surface area contributed by atoms with E-state index < -0.39 is 18.1 Å². The van der Waals surface area contributed by atoms with Gasteiger partial charge in [0.25, 0.3) is 6.43 Å². The van der Waals surface area contributed by atoms with E-state index in [-0.39, 0.29) is 22.9 Å². The van der Waals surface area contributed by atoms with Crippen molar-refractivity contribution >= 4 is 17.1 Å². The van der Waals surface area contributed by atoms with Crippen molar-refractivity contribution in [3.8, 4) is 17.0 Å². The molecule has 1 aliphatic heterocycles. The molecule has 0 bridgehead atoms. The number of phenols is 1. The van der Waals surface area contributed by atoms with Crippen LogP contribution in [0.5, 0.6) is 5.75 Å². The van der Waals surface area contributed by atoms with E-state index in [9.17, 15) is 18.7 Å². The van der Waals surface area contributed by atoms with E-state index in [0.717, 1.165) is 0 Å². The third-order valence-electron chi connectivity index (χ3n) is 4.93. The van der Waals surface area contributed by atoms with Crippen LogP contribution in [0.15, 0.2) is 36.5 Å². The van der Waals surface area contributed by atoms with Gasteiger partial charge in [0.15, 0.2) is 0 Å². The molecule has 1 N–H and O–H groups in total. The lowest BCUT2D eigenvalue weighted by Gasteiger charge is -2.40. The Hall–Kier alpha value is -3.23. The lowest BCUT2D eigenvalue weighted by atomic mass is 10.1. The number of aromatic hydroxyl groups is 1. The van der Waals surface area contributed by atoms with Crippen molar-refractivity contribution in [3.63, 3.8) is 0 Å². The minimum absolute atomic E-state index is 0.0260. The molecule has 0 radical (unpaired) electrons. The number of aromatic nitrogens is 3. The van der Waals surface area contributed by atoms with Crippen molar-refractivity contribution in [2.24, 2.45) is 0 Å². The molecular formula is C21H22F2N4O3. The summed E-state index contributed by atoms with van der Waals surface area (Å²) in [5, 5.41) is 18.2. The summed E-state index contributed by atoms with van der Waals surface area (Å²) >= 11 is 0. The Morgan fingerprint density at radius 2 is 1.93 bits per heavy atom. The second-order valence-electron chi connectivity index (χ2n) is 8.31. The quantitative estimate of drug-likeness (QED) is 0.678. The van der Waals surface area contributed by atoms with Crippen molar-refractivity contribution in [1.82, 2.24) is 19.7 Å². The maximum absolute atomic E-state index is 13.6. The predicted octanol–water partition coefficient (Wildman–Crippen LogP) is 4.53. The first-order chi connectivity index (χ1) is 14.1. The largest absolute Gasteiger partial charge is 0.507 e. The van der Waals surface area contributed by atoms with Crippen LogP contribution in [0.25, 0.3) is 22.3 Å². The number of hydrogen-bond acceptors (Lipinski definition) is 5. The smallest absolute Gasteiger partial charge is 0.410 e. The van der Waals surface area contributed by atoms with Gasteiger partial charge in [-0.25, -0.2) is 13.6 Å². The molecule has 7 nitrogen and oxygen atoms in total. The number of amides is 1. The number of benzene rings is 1. The molecule has 0 saturated carbocycles. The lowest BCUT2D eigenvalue weighted by Crippen LogP contribution is -2.52. The first kappa shape index (κ1) is 20.1. The van der Waals surface area contributed by atoms with Crippen LogP contribution in [0.4, 0.5) is 13.6 Å². The zero-order valence-electron chi connectivity index (χ0n) is 16.8. The molecule has 30 heavy (non-hydrogen) atoms. The van der Waals surface area contributed by atoms with E-state index in [0.29, 0.717) is 29.9 Å². The van der Waals surface area contributed by atoms with Crippen LogP contribution in [-0.4, -0.2) is 49.6 Å². The number of halogens is 2. The van der Waals surface area contributed by atoms with Crippen LogP contribution in [-0.2, 0) is 4.74 Å². The average molecular weight is 416 g/mol. The van der Waals surface area contributed by atoms with Gasteiger partial charge in [-0.15, -0.1) is 10.2 Å². The van der Waals surface area contributed by atoms with Gasteiger partial charge in [0.2, 0.25) is 0 Å². The van der Waals surface area contributed by atoms with Gasteiger partial charge in [-0.05, 0) is 39.0 Å². The minimum Gasteiger partial charge on any atom is -0.507 e. The van der Waals surface area contributed by atoms with Gasteiger partial charge in [0, 0.05) is 24.8 Å². The van der Waals surface area contributed by atoms with E-state index >= 15 is 0 Å². The van der Waals surface area contributed by atoms with Crippen LogP contribution in [0, 0.1) is 0 Å². The highest BCUT2D eigenvalue weighted by Gasteiger charge is 2.36. The van der Waals surface area contributed by atoms with E-state index in [4.69, 9.17) is 4.74 Å². The number of fused-ring (bicyclic) bond motifs is 1. The van der Waals surface area contributed by atoms with Gasteiger partial charge < -0.3 is 19.3 Å². The number of nitrogens with zero attached hydrogens (tertiary/aromatic N) is 4. The zero-order chi connectivity index (χ0) is 21.6. The van der Waals surface area contributed by atoms with Crippen LogP contribution in [0.3, 0.4) is 0 Å². The van der Waals surface area contributed by atoms with E-state index in [1.54, 1.807) is 49.6 Å². The van der Waals surface area contributed by atoms with Crippen molar-refractivity contribution < 1.29 is 23.4 Å². The highest BCUT2D eigenvalue weighted by molar-refractivity contribution is 5.84. The number of phenolic OH excluding ortho intramolecular Hbond substituents is 1. The molecule has 9 heteroatoms. The van der Waals surface area contributed by atoms with Gasteiger partial charge in [-0.3, -0.25) is 0 Å². The SMILES string of the molecule is CC(C)(C)OC(=O)N1CC(n2cc(C(F)F)c3nnc(-c4ccccc4O)cc32)C1. The molecule has 2 aromatic heterocycles. The Bertz CT molecular complexity index is 1100. The van der Waals surface area contributed by atoms with Gasteiger partial charge >= 0.3 is 6.09 Å². The number of para-hydroxylation sites is 1. The average Bonchev–Trinajstić information content (AvgIpc) is 2.98. The van der Waals surface area contributed by atoms with E-state index in [2.05, 4.69) is 10.2 Å². The number of alkyl halides is 2. The molecule has 4 rings (SSSR count). The Morgan fingerprint density at radius 3 is 2.57 bits per heavy atom. The fourth-order valence-electron chi connectivity index (χ4n) is 3.46. The maximum Gasteiger partial charge on any atom is 0.410 e. The van der Waals surface area contributed by atoms with E-state index in [1.807, 2.05) is 0 Å². The molecule has 1 amide bonds. The molecule has 1 fully saturated rings. The van der Waals surface area contributed by atoms with Crippen molar-refractivity contribution in [3.05, 3.63) is 42.1 Å². The molecule has 0 unspecified atom stereocenters. The van der Waals surface area contributed by atoms with Crippen LogP contribution in [0.1, 0.15) is 38.8 Å². The second-order valence-corrected chi connectivity index (χ2v) is 8.31. The molecule has 0 aliphatic carbocycles. The molecular weight excluding hydrogens is 394 g/mol. The van der Waals surface area contributed by atoms with Crippen LogP contribution < -0.4 is 0 Å². The maximum atomic E-state index is 13.6. The summed E-state index contributed by atoms with van der Waals surface area (Å²) in [7, 11) is 0. The number of hydrogen-bond donors (Lipinski definition) is 1. The molecule has 158 valence electrons. The predicted molar refractivity (Wildman–Crippen MR) is 106 cm³/mol. The Labute approximate surface area is 171 Å². The van der Waals surface area contributed by atoms with Gasteiger partial charge in [0.1, 0.15) is 16.9 Å². The Kier molecular flexibility index (Phi) is 4.83. The Balaban J connectivity index is 1.67. The number of likely N-dealkylation sites (tertiary alicyclic amines) is 1. The number of ether oxygens (including phenoxy) is 1. The zero-order valence-corrected chi connectivity index (χ0v) is 16.8. The first-order valence-corrected chi connectivity index (χ1v) is 9.56. The number of carbonyl (C=O) groups is 1. The fourth-order valence-corrected chi connectivity index (χ4v) is 3.46. The summed E-state index contributed by atoms with van der Waals surface area (Å²) in [5.74, 6) is 0.0260. The van der Waals surface area contributed by atoms with Gasteiger partial charge in [0.05, 0.1) is 22.8 Å². The standard InChI is InChI=1S/C21H22F2N4O3/c1-21(2,3)30-20(29)26-9-12(10-26)27-11-14(19(22)23)18-16(27)8-15(24-25-18)13-6-4-5-7-17(13)28/h4-8,11-12,19,28H,9-10H2,1-3H3.